The smallest absolute Gasteiger partial charge is 0.315 e. The average Bonchev–Trinajstić information content (AvgIpc) is 2.97. The van der Waals surface area contributed by atoms with Crippen molar-refractivity contribution in [2.45, 2.75) is 23.5 Å². The van der Waals surface area contributed by atoms with E-state index in [0.717, 1.165) is 0 Å². The lowest BCUT2D eigenvalue weighted by Gasteiger charge is -2.17. The minimum atomic E-state index is -3.62. The minimum absolute atomic E-state index is 0.0652. The van der Waals surface area contributed by atoms with Crippen LogP contribution in [0, 0.1) is 12.7 Å². The zero-order valence-electron chi connectivity index (χ0n) is 12.4. The summed E-state index contributed by atoms with van der Waals surface area (Å²) < 4.78 is 44.3. The number of aryl methyl sites for hydroxylation is 1. The third-order valence-corrected chi connectivity index (χ3v) is 6.66. The maximum absolute atomic E-state index is 13.3. The second kappa shape index (κ2) is 6.97. The Labute approximate surface area is 133 Å². The molecule has 0 aromatic heterocycles. The van der Waals surface area contributed by atoms with Gasteiger partial charge in [-0.2, -0.15) is 4.31 Å². The molecule has 1 aliphatic rings. The van der Waals surface area contributed by atoms with E-state index >= 15 is 0 Å². The van der Waals surface area contributed by atoms with Crippen molar-refractivity contribution in [1.29, 1.82) is 0 Å². The van der Waals surface area contributed by atoms with Gasteiger partial charge in [-0.25, -0.2) is 12.8 Å². The molecular formula is C14H18FNO4S2. The first-order valence-electron chi connectivity index (χ1n) is 6.79. The summed E-state index contributed by atoms with van der Waals surface area (Å²) >= 11 is 1.40. The summed E-state index contributed by atoms with van der Waals surface area (Å²) in [5.41, 5.74) is 0.303. The Hall–Kier alpha value is -1.12. The number of rotatable bonds is 5. The van der Waals surface area contributed by atoms with Crippen LogP contribution < -0.4 is 0 Å². The number of benzene rings is 1. The molecule has 1 fully saturated rings. The lowest BCUT2D eigenvalue weighted by Crippen LogP contribution is -2.29. The summed E-state index contributed by atoms with van der Waals surface area (Å²) in [5.74, 6) is -0.530. The number of methoxy groups -OCH3 is 1. The largest absolute Gasteiger partial charge is 0.468 e. The second-order valence-electron chi connectivity index (χ2n) is 5.07. The Bertz CT molecular complexity index is 663. The molecule has 1 aromatic rings. The molecule has 0 radical (unpaired) electrons. The number of thioether (sulfide) groups is 1. The zero-order chi connectivity index (χ0) is 16.3. The number of ether oxygens (including phenoxy) is 1. The molecule has 1 atom stereocenters. The molecule has 1 heterocycles. The topological polar surface area (TPSA) is 63.7 Å². The van der Waals surface area contributed by atoms with Crippen LogP contribution in [0.2, 0.25) is 0 Å². The number of carbonyl (C=O) groups excluding carboxylic acids is 1. The first-order chi connectivity index (χ1) is 10.3. The van der Waals surface area contributed by atoms with Crippen LogP contribution in [0.1, 0.15) is 12.0 Å². The van der Waals surface area contributed by atoms with Gasteiger partial charge in [0.15, 0.2) is 0 Å². The van der Waals surface area contributed by atoms with Crippen molar-refractivity contribution in [2.24, 2.45) is 0 Å². The fourth-order valence-electron chi connectivity index (χ4n) is 2.22. The van der Waals surface area contributed by atoms with Gasteiger partial charge in [0.2, 0.25) is 10.0 Å². The molecule has 0 saturated carbocycles. The van der Waals surface area contributed by atoms with E-state index in [9.17, 15) is 17.6 Å². The third kappa shape index (κ3) is 3.80. The first kappa shape index (κ1) is 17.2. The number of hydrogen-bond donors (Lipinski definition) is 0. The van der Waals surface area contributed by atoms with Crippen LogP contribution in [0.15, 0.2) is 23.1 Å². The van der Waals surface area contributed by atoms with Crippen molar-refractivity contribution in [2.75, 3.05) is 26.0 Å². The van der Waals surface area contributed by atoms with E-state index in [1.807, 2.05) is 0 Å². The number of nitrogens with zero attached hydrogens (tertiary/aromatic N) is 1. The third-order valence-electron chi connectivity index (χ3n) is 3.54. The first-order valence-corrected chi connectivity index (χ1v) is 9.28. The highest BCUT2D eigenvalue weighted by Gasteiger charge is 2.33. The van der Waals surface area contributed by atoms with Gasteiger partial charge in [0.25, 0.3) is 0 Å². The maximum atomic E-state index is 13.3. The van der Waals surface area contributed by atoms with Crippen LogP contribution in [0.3, 0.4) is 0 Å². The van der Waals surface area contributed by atoms with Gasteiger partial charge in [-0.15, -0.1) is 11.8 Å². The Morgan fingerprint density at radius 3 is 2.86 bits per heavy atom. The molecule has 1 aromatic carbocycles. The summed E-state index contributed by atoms with van der Waals surface area (Å²) in [6, 6.07) is 3.80. The molecule has 0 N–H and O–H groups in total. The molecule has 2 rings (SSSR count). The van der Waals surface area contributed by atoms with Crippen molar-refractivity contribution in [3.05, 3.63) is 29.6 Å². The van der Waals surface area contributed by atoms with Gasteiger partial charge >= 0.3 is 5.97 Å². The Morgan fingerprint density at radius 2 is 2.23 bits per heavy atom. The molecule has 0 amide bonds. The summed E-state index contributed by atoms with van der Waals surface area (Å²) in [4.78, 5) is 11.2. The van der Waals surface area contributed by atoms with Gasteiger partial charge in [-0.05, 0) is 37.1 Å². The van der Waals surface area contributed by atoms with Crippen molar-refractivity contribution in [3.8, 4) is 0 Å². The molecule has 122 valence electrons. The van der Waals surface area contributed by atoms with E-state index in [1.165, 1.54) is 48.3 Å². The normalized spacial score (nSPS) is 19.3. The fraction of sp³-hybridized carbons (Fsp3) is 0.500. The minimum Gasteiger partial charge on any atom is -0.468 e. The lowest BCUT2D eigenvalue weighted by molar-refractivity contribution is -0.137. The van der Waals surface area contributed by atoms with Crippen LogP contribution in [-0.2, 0) is 19.6 Å². The van der Waals surface area contributed by atoms with E-state index in [2.05, 4.69) is 4.74 Å². The molecule has 0 unspecified atom stereocenters. The molecule has 0 aliphatic carbocycles. The molecule has 1 saturated heterocycles. The van der Waals surface area contributed by atoms with E-state index in [1.54, 1.807) is 0 Å². The van der Waals surface area contributed by atoms with E-state index in [4.69, 9.17) is 0 Å². The highest BCUT2D eigenvalue weighted by atomic mass is 32.2. The molecular weight excluding hydrogens is 329 g/mol. The average molecular weight is 347 g/mol. The summed E-state index contributed by atoms with van der Waals surface area (Å²) in [7, 11) is -2.29. The van der Waals surface area contributed by atoms with Crippen molar-refractivity contribution in [1.82, 2.24) is 4.31 Å². The molecule has 22 heavy (non-hydrogen) atoms. The van der Waals surface area contributed by atoms with Crippen molar-refractivity contribution >= 4 is 27.8 Å². The van der Waals surface area contributed by atoms with Gasteiger partial charge in [-0.3, -0.25) is 4.79 Å². The Kier molecular flexibility index (Phi) is 5.46. The number of hydrogen-bond acceptors (Lipinski definition) is 5. The van der Waals surface area contributed by atoms with Gasteiger partial charge < -0.3 is 4.74 Å². The molecule has 8 heteroatoms. The monoisotopic (exact) mass is 347 g/mol. The summed E-state index contributed by atoms with van der Waals surface area (Å²) in [5, 5.41) is 0.0652. The lowest BCUT2D eigenvalue weighted by atomic mass is 10.2. The number of sulfonamides is 1. The molecule has 1 aliphatic heterocycles. The quantitative estimate of drug-likeness (QED) is 0.760. The summed E-state index contributed by atoms with van der Waals surface area (Å²) in [6.45, 7) is 2.28. The van der Waals surface area contributed by atoms with Crippen molar-refractivity contribution < 1.29 is 22.3 Å². The zero-order valence-corrected chi connectivity index (χ0v) is 14.0. The Balaban J connectivity index is 2.05. The number of esters is 1. The van der Waals surface area contributed by atoms with Gasteiger partial charge in [0.1, 0.15) is 5.82 Å². The van der Waals surface area contributed by atoms with Crippen molar-refractivity contribution in [3.63, 3.8) is 0 Å². The highest BCUT2D eigenvalue weighted by molar-refractivity contribution is 8.00. The Morgan fingerprint density at radius 1 is 1.50 bits per heavy atom. The maximum Gasteiger partial charge on any atom is 0.315 e. The van der Waals surface area contributed by atoms with Gasteiger partial charge in [0, 0.05) is 18.3 Å². The number of halogens is 1. The molecule has 0 bridgehead atoms. The fourth-order valence-corrected chi connectivity index (χ4v) is 4.95. The van der Waals surface area contributed by atoms with Gasteiger partial charge in [-0.1, -0.05) is 0 Å². The number of carbonyl (C=O) groups is 1. The van der Waals surface area contributed by atoms with Crippen LogP contribution in [0.4, 0.5) is 4.39 Å². The molecule has 0 spiro atoms. The summed E-state index contributed by atoms with van der Waals surface area (Å²) in [6.07, 6.45) is 0.682. The highest BCUT2D eigenvalue weighted by Crippen LogP contribution is 2.28. The van der Waals surface area contributed by atoms with E-state index < -0.39 is 15.8 Å². The predicted molar refractivity (Wildman–Crippen MR) is 82.8 cm³/mol. The van der Waals surface area contributed by atoms with E-state index in [-0.39, 0.29) is 21.9 Å². The second-order valence-corrected chi connectivity index (χ2v) is 8.30. The van der Waals surface area contributed by atoms with Crippen LogP contribution >= 0.6 is 11.8 Å². The predicted octanol–water partition coefficient (Wildman–Crippen LogP) is 1.80. The van der Waals surface area contributed by atoms with E-state index in [0.29, 0.717) is 25.1 Å². The van der Waals surface area contributed by atoms with Crippen LogP contribution in [0.25, 0.3) is 0 Å². The van der Waals surface area contributed by atoms with Gasteiger partial charge in [0.05, 0.1) is 17.8 Å². The van der Waals surface area contributed by atoms with Crippen LogP contribution in [0.5, 0.6) is 0 Å². The van der Waals surface area contributed by atoms with Crippen LogP contribution in [-0.4, -0.2) is 49.9 Å². The molecule has 5 nitrogen and oxygen atoms in total. The standard InChI is InChI=1S/C14H18FNO4S2/c1-10-7-12(3-4-13(10)15)22(18,19)16-6-5-11(8-16)21-9-14(17)20-2/h3-4,7,11H,5-6,8-9H2,1-2H3/t11-/m1/s1. The SMILES string of the molecule is COC(=O)CS[C@@H]1CCN(S(=O)(=O)c2ccc(F)c(C)c2)C1.